The maximum Gasteiger partial charge on any atom is 0.323 e. The highest BCUT2D eigenvalue weighted by Gasteiger charge is 2.20. The van der Waals surface area contributed by atoms with E-state index in [4.69, 9.17) is 5.11 Å². The lowest BCUT2D eigenvalue weighted by Crippen LogP contribution is -2.44. The normalized spacial score (nSPS) is 11.5. The molecule has 0 aliphatic rings. The molecule has 3 amide bonds. The molecule has 1 atom stereocenters. The van der Waals surface area contributed by atoms with Gasteiger partial charge in [0.1, 0.15) is 6.54 Å². The van der Waals surface area contributed by atoms with E-state index in [-0.39, 0.29) is 24.9 Å². The number of aliphatic carboxylic acids is 1. The summed E-state index contributed by atoms with van der Waals surface area (Å²) in [5.74, 6) is -1.58. The fraction of sp³-hybridized carbons (Fsp3) is 0.700. The van der Waals surface area contributed by atoms with Gasteiger partial charge in [0.15, 0.2) is 0 Å². The number of carbonyl (C=O) groups excluding carboxylic acids is 2. The molecule has 0 fully saturated rings. The third-order valence-corrected chi connectivity index (χ3v) is 2.27. The molecule has 98 valence electrons. The van der Waals surface area contributed by atoms with Crippen LogP contribution in [-0.4, -0.2) is 67.0 Å². The van der Waals surface area contributed by atoms with Crippen molar-refractivity contribution in [2.45, 2.75) is 6.92 Å². The van der Waals surface area contributed by atoms with Gasteiger partial charge in [-0.15, -0.1) is 0 Å². The Morgan fingerprint density at radius 3 is 2.18 bits per heavy atom. The van der Waals surface area contributed by atoms with Crippen molar-refractivity contribution < 1.29 is 19.5 Å². The molecule has 0 saturated heterocycles. The van der Waals surface area contributed by atoms with Crippen molar-refractivity contribution in [3.63, 3.8) is 0 Å². The molecule has 0 bridgehead atoms. The second-order valence-corrected chi connectivity index (χ2v) is 3.93. The Hall–Kier alpha value is -1.79. The van der Waals surface area contributed by atoms with Crippen LogP contribution in [0.5, 0.6) is 0 Å². The number of hydrogen-bond acceptors (Lipinski definition) is 3. The van der Waals surface area contributed by atoms with Gasteiger partial charge >= 0.3 is 12.0 Å². The summed E-state index contributed by atoms with van der Waals surface area (Å²) in [4.78, 5) is 35.8. The van der Waals surface area contributed by atoms with Crippen LogP contribution in [0.1, 0.15) is 6.92 Å². The standard InChI is InChI=1S/C10H19N3O4/c1-7(9(16)11-2)5-12(3)10(17)13(4)6-8(14)15/h7H,5-6H2,1-4H3,(H,11,16)(H,14,15). The lowest BCUT2D eigenvalue weighted by atomic mass is 10.1. The Morgan fingerprint density at radius 2 is 1.76 bits per heavy atom. The average molecular weight is 245 g/mol. The zero-order chi connectivity index (χ0) is 13.6. The molecule has 0 rings (SSSR count). The number of carbonyl (C=O) groups is 3. The van der Waals surface area contributed by atoms with Crippen LogP contribution in [0.25, 0.3) is 0 Å². The number of nitrogens with one attached hydrogen (secondary N) is 1. The molecule has 0 radical (unpaired) electrons. The third-order valence-electron chi connectivity index (χ3n) is 2.27. The van der Waals surface area contributed by atoms with Crippen LogP contribution in [0.2, 0.25) is 0 Å². The van der Waals surface area contributed by atoms with Gasteiger partial charge in [0, 0.05) is 27.7 Å². The van der Waals surface area contributed by atoms with Gasteiger partial charge in [0.2, 0.25) is 5.91 Å². The van der Waals surface area contributed by atoms with Crippen LogP contribution < -0.4 is 5.32 Å². The Balaban J connectivity index is 4.31. The van der Waals surface area contributed by atoms with E-state index in [0.717, 1.165) is 4.90 Å². The van der Waals surface area contributed by atoms with Gasteiger partial charge in [0.05, 0.1) is 5.92 Å². The third kappa shape index (κ3) is 5.19. The van der Waals surface area contributed by atoms with Crippen LogP contribution in [0.15, 0.2) is 0 Å². The maximum absolute atomic E-state index is 11.7. The van der Waals surface area contributed by atoms with Crippen LogP contribution >= 0.6 is 0 Å². The lowest BCUT2D eigenvalue weighted by Gasteiger charge is -2.25. The van der Waals surface area contributed by atoms with Gasteiger partial charge in [-0.3, -0.25) is 9.59 Å². The van der Waals surface area contributed by atoms with Crippen molar-refractivity contribution in [2.75, 3.05) is 34.2 Å². The highest BCUT2D eigenvalue weighted by atomic mass is 16.4. The van der Waals surface area contributed by atoms with Crippen molar-refractivity contribution in [1.29, 1.82) is 0 Å². The molecule has 0 aromatic carbocycles. The lowest BCUT2D eigenvalue weighted by molar-refractivity contribution is -0.137. The summed E-state index contributed by atoms with van der Waals surface area (Å²) in [6.45, 7) is 1.57. The first-order valence-electron chi connectivity index (χ1n) is 5.19. The summed E-state index contributed by atoms with van der Waals surface area (Å²) in [5.41, 5.74) is 0. The largest absolute Gasteiger partial charge is 0.480 e. The van der Waals surface area contributed by atoms with E-state index in [1.54, 1.807) is 6.92 Å². The first-order valence-corrected chi connectivity index (χ1v) is 5.19. The number of carboxylic acids is 1. The van der Waals surface area contributed by atoms with E-state index in [9.17, 15) is 14.4 Å². The maximum atomic E-state index is 11.7. The molecular formula is C10H19N3O4. The molecule has 7 nitrogen and oxygen atoms in total. The molecule has 7 heteroatoms. The Morgan fingerprint density at radius 1 is 1.24 bits per heavy atom. The number of rotatable bonds is 5. The molecule has 0 spiro atoms. The van der Waals surface area contributed by atoms with Gasteiger partial charge in [0.25, 0.3) is 0 Å². The van der Waals surface area contributed by atoms with Crippen LogP contribution in [0, 0.1) is 5.92 Å². The van der Waals surface area contributed by atoms with Gasteiger partial charge in [-0.05, 0) is 0 Å². The molecule has 0 heterocycles. The number of nitrogens with zero attached hydrogens (tertiary/aromatic N) is 2. The van der Waals surface area contributed by atoms with E-state index in [2.05, 4.69) is 5.32 Å². The predicted octanol–water partition coefficient (Wildman–Crippen LogP) is -0.563. The highest BCUT2D eigenvalue weighted by Crippen LogP contribution is 2.01. The number of likely N-dealkylation sites (N-methyl/N-ethyl adjacent to an activating group) is 1. The van der Waals surface area contributed by atoms with Crippen molar-refractivity contribution in [2.24, 2.45) is 5.92 Å². The minimum Gasteiger partial charge on any atom is -0.480 e. The summed E-state index contributed by atoms with van der Waals surface area (Å²) in [6, 6.07) is -0.428. The number of carboxylic acid groups (broad SMARTS) is 1. The van der Waals surface area contributed by atoms with E-state index in [0.29, 0.717) is 0 Å². The van der Waals surface area contributed by atoms with Crippen LogP contribution in [0.3, 0.4) is 0 Å². The number of hydrogen-bond donors (Lipinski definition) is 2. The summed E-state index contributed by atoms with van der Waals surface area (Å²) < 4.78 is 0. The molecule has 0 aromatic rings. The van der Waals surface area contributed by atoms with E-state index in [1.165, 1.54) is 26.0 Å². The van der Waals surface area contributed by atoms with E-state index < -0.39 is 12.0 Å². The Bertz CT molecular complexity index is 306. The zero-order valence-corrected chi connectivity index (χ0v) is 10.6. The first kappa shape index (κ1) is 15.2. The van der Waals surface area contributed by atoms with Crippen molar-refractivity contribution in [3.8, 4) is 0 Å². The van der Waals surface area contributed by atoms with Crippen LogP contribution in [-0.2, 0) is 9.59 Å². The zero-order valence-electron chi connectivity index (χ0n) is 10.6. The molecule has 0 aromatic heterocycles. The molecule has 0 aliphatic carbocycles. The fourth-order valence-electron chi connectivity index (χ4n) is 1.38. The second kappa shape index (κ2) is 6.72. The molecule has 0 aliphatic heterocycles. The van der Waals surface area contributed by atoms with Crippen molar-refractivity contribution in [3.05, 3.63) is 0 Å². The topological polar surface area (TPSA) is 90.0 Å². The summed E-state index contributed by atoms with van der Waals surface area (Å²) in [5, 5.41) is 11.0. The van der Waals surface area contributed by atoms with Gasteiger partial charge in [-0.1, -0.05) is 6.92 Å². The summed E-state index contributed by atoms with van der Waals surface area (Å²) in [6.07, 6.45) is 0. The molecular weight excluding hydrogens is 226 g/mol. The number of urea groups is 1. The fourth-order valence-corrected chi connectivity index (χ4v) is 1.38. The minimum absolute atomic E-state index is 0.162. The SMILES string of the molecule is CNC(=O)C(C)CN(C)C(=O)N(C)CC(=O)O. The van der Waals surface area contributed by atoms with E-state index >= 15 is 0 Å². The smallest absolute Gasteiger partial charge is 0.323 e. The molecule has 17 heavy (non-hydrogen) atoms. The Labute approximate surface area is 100 Å². The minimum atomic E-state index is -1.08. The van der Waals surface area contributed by atoms with Gasteiger partial charge < -0.3 is 20.2 Å². The second-order valence-electron chi connectivity index (χ2n) is 3.93. The monoisotopic (exact) mass is 245 g/mol. The number of amides is 3. The first-order chi connectivity index (χ1) is 7.79. The summed E-state index contributed by atoms with van der Waals surface area (Å²) >= 11 is 0. The van der Waals surface area contributed by atoms with Crippen molar-refractivity contribution >= 4 is 17.9 Å². The quantitative estimate of drug-likeness (QED) is 0.679. The molecule has 1 unspecified atom stereocenters. The van der Waals surface area contributed by atoms with Crippen molar-refractivity contribution in [1.82, 2.24) is 15.1 Å². The van der Waals surface area contributed by atoms with Gasteiger partial charge in [-0.25, -0.2) is 4.79 Å². The highest BCUT2D eigenvalue weighted by molar-refractivity contribution is 5.81. The Kier molecular flexibility index (Phi) is 6.01. The van der Waals surface area contributed by atoms with E-state index in [1.807, 2.05) is 0 Å². The molecule has 0 saturated carbocycles. The summed E-state index contributed by atoms with van der Waals surface area (Å²) in [7, 11) is 4.45. The predicted molar refractivity (Wildman–Crippen MR) is 61.5 cm³/mol. The van der Waals surface area contributed by atoms with Crippen LogP contribution in [0.4, 0.5) is 4.79 Å². The molecule has 2 N–H and O–H groups in total. The van der Waals surface area contributed by atoms with Gasteiger partial charge in [-0.2, -0.15) is 0 Å². The average Bonchev–Trinajstić information content (AvgIpc) is 2.25.